The van der Waals surface area contributed by atoms with Crippen LogP contribution in [0.2, 0.25) is 0 Å². The van der Waals surface area contributed by atoms with Crippen LogP contribution in [-0.2, 0) is 32.7 Å². The van der Waals surface area contributed by atoms with Gasteiger partial charge in [0.15, 0.2) is 0 Å². The van der Waals surface area contributed by atoms with Crippen LogP contribution in [0.1, 0.15) is 11.1 Å². The van der Waals surface area contributed by atoms with Crippen LogP contribution in [0.3, 0.4) is 0 Å². The first-order valence-corrected chi connectivity index (χ1v) is 4.50. The minimum absolute atomic E-state index is 0. The van der Waals surface area contributed by atoms with Gasteiger partial charge in [-0.25, -0.2) is 9.97 Å². The third-order valence-corrected chi connectivity index (χ3v) is 1.97. The maximum absolute atomic E-state index is 8.62. The summed E-state index contributed by atoms with van der Waals surface area (Å²) >= 11 is 0. The second-order valence-electron chi connectivity index (χ2n) is 3.19. The quantitative estimate of drug-likeness (QED) is 0.753. The van der Waals surface area contributed by atoms with Crippen LogP contribution < -0.4 is 0 Å². The summed E-state index contributed by atoms with van der Waals surface area (Å²) in [5.41, 5.74) is 2.41. The molecule has 0 aliphatic rings. The molecular formula is C12H8N3Y-. The van der Waals surface area contributed by atoms with Crippen LogP contribution in [-0.4, -0.2) is 9.97 Å². The predicted octanol–water partition coefficient (Wildman–Crippen LogP) is 2.12. The Morgan fingerprint density at radius 1 is 1.25 bits per heavy atom. The molecule has 0 unspecified atom stereocenters. The largest absolute Gasteiger partial charge is 0.262 e. The van der Waals surface area contributed by atoms with Crippen molar-refractivity contribution in [1.82, 2.24) is 9.97 Å². The van der Waals surface area contributed by atoms with Gasteiger partial charge in [0.05, 0.1) is 0 Å². The van der Waals surface area contributed by atoms with Gasteiger partial charge < -0.3 is 0 Å². The molecule has 0 bridgehead atoms. The Bertz CT molecular complexity index is 497. The van der Waals surface area contributed by atoms with Gasteiger partial charge in [-0.1, -0.05) is 11.1 Å². The summed E-state index contributed by atoms with van der Waals surface area (Å²) in [5.74, 6) is 0.654. The number of benzene rings is 1. The average molecular weight is 283 g/mol. The Labute approximate surface area is 119 Å². The fraction of sp³-hybridized carbons (Fsp3) is 0.0833. The van der Waals surface area contributed by atoms with E-state index in [9.17, 15) is 0 Å². The Hall–Kier alpha value is -1.11. The molecule has 0 saturated carbocycles. The molecule has 16 heavy (non-hydrogen) atoms. The standard InChI is InChI=1S/C12H8N3.Y/c1-9-7-14-12(15-8-9)11-4-2-10(6-13)3-5-11;/h2,4-5,7-8H,1H3;/q-1;. The number of aromatic nitrogens is 2. The van der Waals surface area contributed by atoms with E-state index in [1.807, 2.05) is 19.1 Å². The van der Waals surface area contributed by atoms with E-state index in [2.05, 4.69) is 16.0 Å². The van der Waals surface area contributed by atoms with Gasteiger partial charge in [-0.15, -0.1) is 24.3 Å². The van der Waals surface area contributed by atoms with Gasteiger partial charge in [-0.3, -0.25) is 5.26 Å². The molecule has 4 heteroatoms. The Balaban J connectivity index is 0.00000128. The monoisotopic (exact) mass is 283 g/mol. The molecule has 3 nitrogen and oxygen atoms in total. The fourth-order valence-corrected chi connectivity index (χ4v) is 1.18. The summed E-state index contributed by atoms with van der Waals surface area (Å²) < 4.78 is 0. The van der Waals surface area contributed by atoms with Gasteiger partial charge in [0.25, 0.3) is 0 Å². The Morgan fingerprint density at radius 3 is 2.44 bits per heavy atom. The van der Waals surface area contributed by atoms with E-state index in [1.165, 1.54) is 0 Å². The van der Waals surface area contributed by atoms with Gasteiger partial charge in [0.2, 0.25) is 0 Å². The third-order valence-electron chi connectivity index (χ3n) is 1.97. The number of rotatable bonds is 1. The summed E-state index contributed by atoms with van der Waals surface area (Å²) in [6.45, 7) is 1.94. The molecular weight excluding hydrogens is 275 g/mol. The first-order chi connectivity index (χ1) is 7.29. The molecule has 0 N–H and O–H groups in total. The van der Waals surface area contributed by atoms with Crippen molar-refractivity contribution in [3.63, 3.8) is 0 Å². The molecule has 1 radical (unpaired) electrons. The zero-order chi connectivity index (χ0) is 10.7. The number of aryl methyl sites for hydroxylation is 1. The van der Waals surface area contributed by atoms with E-state index in [-0.39, 0.29) is 32.7 Å². The first kappa shape index (κ1) is 13.0. The van der Waals surface area contributed by atoms with E-state index in [0.29, 0.717) is 11.4 Å². The topological polar surface area (TPSA) is 49.6 Å². The zero-order valence-corrected chi connectivity index (χ0v) is 11.6. The predicted molar refractivity (Wildman–Crippen MR) is 55.8 cm³/mol. The molecule has 0 aliphatic carbocycles. The molecule has 1 heterocycles. The molecule has 2 rings (SSSR count). The average Bonchev–Trinajstić information content (AvgIpc) is 2.30. The van der Waals surface area contributed by atoms with E-state index < -0.39 is 0 Å². The summed E-state index contributed by atoms with van der Waals surface area (Å²) in [4.78, 5) is 8.38. The Kier molecular flexibility index (Phi) is 4.73. The van der Waals surface area contributed by atoms with Crippen molar-refractivity contribution in [3.8, 4) is 17.5 Å². The number of nitrogens with zero attached hydrogens (tertiary/aromatic N) is 3. The molecule has 0 saturated heterocycles. The molecule has 0 aliphatic heterocycles. The van der Waals surface area contributed by atoms with Crippen LogP contribution in [0, 0.1) is 24.3 Å². The van der Waals surface area contributed by atoms with Gasteiger partial charge in [0.1, 0.15) is 5.82 Å². The Morgan fingerprint density at radius 2 is 1.94 bits per heavy atom. The third kappa shape index (κ3) is 2.94. The van der Waals surface area contributed by atoms with Crippen molar-refractivity contribution >= 4 is 0 Å². The number of hydrogen-bond acceptors (Lipinski definition) is 3. The second-order valence-corrected chi connectivity index (χ2v) is 3.19. The van der Waals surface area contributed by atoms with E-state index >= 15 is 0 Å². The molecule has 75 valence electrons. The van der Waals surface area contributed by atoms with Crippen molar-refractivity contribution < 1.29 is 32.7 Å². The molecule has 0 atom stereocenters. The van der Waals surface area contributed by atoms with E-state index in [1.54, 1.807) is 24.5 Å². The van der Waals surface area contributed by atoms with E-state index in [4.69, 9.17) is 5.26 Å². The van der Waals surface area contributed by atoms with Crippen molar-refractivity contribution in [2.75, 3.05) is 0 Å². The number of hydrogen-bond donors (Lipinski definition) is 0. The molecule has 0 spiro atoms. The summed E-state index contributed by atoms with van der Waals surface area (Å²) in [6, 6.07) is 10.1. The smallest absolute Gasteiger partial charge is 0.117 e. The van der Waals surface area contributed by atoms with E-state index in [0.717, 1.165) is 11.1 Å². The molecule has 0 fully saturated rings. The van der Waals surface area contributed by atoms with Crippen LogP contribution in [0.15, 0.2) is 30.6 Å². The van der Waals surface area contributed by atoms with Gasteiger partial charge >= 0.3 is 0 Å². The SMILES string of the molecule is Cc1cnc(-c2c[c-]c(C#N)cc2)nc1.[Y]. The minimum atomic E-state index is 0. The fourth-order valence-electron chi connectivity index (χ4n) is 1.18. The van der Waals surface area contributed by atoms with Crippen LogP contribution >= 0.6 is 0 Å². The van der Waals surface area contributed by atoms with Crippen LogP contribution in [0.25, 0.3) is 11.4 Å². The summed E-state index contributed by atoms with van der Waals surface area (Å²) in [6.07, 6.45) is 3.53. The zero-order valence-electron chi connectivity index (χ0n) is 8.81. The minimum Gasteiger partial charge on any atom is -0.262 e. The maximum atomic E-state index is 8.62. The molecule has 2 aromatic rings. The molecule has 0 amide bonds. The number of nitriles is 1. The normalized spacial score (nSPS) is 9.00. The summed E-state index contributed by atoms with van der Waals surface area (Å²) in [5, 5.41) is 8.62. The molecule has 1 aromatic carbocycles. The van der Waals surface area contributed by atoms with Crippen molar-refractivity contribution in [2.45, 2.75) is 6.92 Å². The van der Waals surface area contributed by atoms with Gasteiger partial charge in [-0.05, 0) is 18.6 Å². The van der Waals surface area contributed by atoms with Crippen LogP contribution in [0.5, 0.6) is 0 Å². The first-order valence-electron chi connectivity index (χ1n) is 4.50. The van der Waals surface area contributed by atoms with Gasteiger partial charge in [0, 0.05) is 45.1 Å². The van der Waals surface area contributed by atoms with Crippen molar-refractivity contribution in [2.24, 2.45) is 0 Å². The second kappa shape index (κ2) is 5.84. The molecule has 1 aromatic heterocycles. The maximum Gasteiger partial charge on any atom is 0.117 e. The van der Waals surface area contributed by atoms with Gasteiger partial charge in [-0.2, -0.15) is 0 Å². The summed E-state index contributed by atoms with van der Waals surface area (Å²) in [7, 11) is 0. The van der Waals surface area contributed by atoms with Crippen LogP contribution in [0.4, 0.5) is 0 Å². The van der Waals surface area contributed by atoms with Crippen molar-refractivity contribution in [1.29, 1.82) is 5.26 Å². The van der Waals surface area contributed by atoms with Crippen molar-refractivity contribution in [3.05, 3.63) is 47.8 Å².